The first-order valence-electron chi connectivity index (χ1n) is 4.44. The maximum absolute atomic E-state index is 13.3. The summed E-state index contributed by atoms with van der Waals surface area (Å²) in [6.07, 6.45) is -5.37. The van der Waals surface area contributed by atoms with Gasteiger partial charge in [-0.05, 0) is 12.1 Å². The van der Waals surface area contributed by atoms with Crippen molar-refractivity contribution in [3.8, 4) is 5.75 Å². The second-order valence-electron chi connectivity index (χ2n) is 3.11. The Hall–Kier alpha value is -1.11. The van der Waals surface area contributed by atoms with Crippen LogP contribution in [0.25, 0.3) is 0 Å². The molecule has 0 aliphatic carbocycles. The summed E-state index contributed by atoms with van der Waals surface area (Å²) < 4.78 is 53.1. The van der Waals surface area contributed by atoms with Gasteiger partial charge in [-0.2, -0.15) is 0 Å². The van der Waals surface area contributed by atoms with E-state index in [4.69, 9.17) is 0 Å². The topological polar surface area (TPSA) is 26.3 Å². The smallest absolute Gasteiger partial charge is 0.405 e. The number of hydrogen-bond acceptors (Lipinski definition) is 2. The van der Waals surface area contributed by atoms with E-state index in [0.717, 1.165) is 18.2 Å². The van der Waals surface area contributed by atoms with Gasteiger partial charge in [-0.15, -0.1) is 13.2 Å². The second-order valence-corrected chi connectivity index (χ2v) is 3.67. The second kappa shape index (κ2) is 5.48. The van der Waals surface area contributed by atoms with Crippen LogP contribution in [0.5, 0.6) is 5.75 Å². The maximum Gasteiger partial charge on any atom is 0.573 e. The number of carbonyl (C=O) groups is 1. The zero-order chi connectivity index (χ0) is 13.1. The van der Waals surface area contributed by atoms with Crippen LogP contribution in [0.3, 0.4) is 0 Å². The zero-order valence-corrected chi connectivity index (χ0v) is 9.94. The first-order chi connectivity index (χ1) is 7.83. The van der Waals surface area contributed by atoms with Crippen LogP contribution in [-0.2, 0) is 11.2 Å². The summed E-state index contributed by atoms with van der Waals surface area (Å²) in [6, 6.07) is 3.02. The third kappa shape index (κ3) is 4.33. The first-order valence-corrected chi connectivity index (χ1v) is 5.56. The highest BCUT2D eigenvalue weighted by Gasteiger charge is 2.32. The highest BCUT2D eigenvalue weighted by atomic mass is 79.9. The van der Waals surface area contributed by atoms with Gasteiger partial charge in [0.15, 0.2) is 0 Å². The summed E-state index contributed by atoms with van der Waals surface area (Å²) >= 11 is 2.85. The van der Waals surface area contributed by atoms with Crippen molar-refractivity contribution in [2.75, 3.05) is 5.33 Å². The Morgan fingerprint density at radius 2 is 2.00 bits per heavy atom. The molecule has 0 bridgehead atoms. The lowest BCUT2D eigenvalue weighted by Gasteiger charge is -2.13. The van der Waals surface area contributed by atoms with E-state index in [1.807, 2.05) is 0 Å². The van der Waals surface area contributed by atoms with Crippen LogP contribution >= 0.6 is 15.9 Å². The molecule has 0 fully saturated rings. The van der Waals surface area contributed by atoms with Crippen molar-refractivity contribution in [1.82, 2.24) is 0 Å². The summed E-state index contributed by atoms with van der Waals surface area (Å²) in [5, 5.41) is -0.0627. The molecule has 0 aliphatic heterocycles. The van der Waals surface area contributed by atoms with E-state index in [1.165, 1.54) is 0 Å². The van der Waals surface area contributed by atoms with Crippen LogP contribution in [0, 0.1) is 5.82 Å². The van der Waals surface area contributed by atoms with Crippen molar-refractivity contribution in [2.45, 2.75) is 12.8 Å². The average molecular weight is 315 g/mol. The van der Waals surface area contributed by atoms with Crippen molar-refractivity contribution >= 4 is 21.7 Å². The number of ether oxygens (including phenoxy) is 1. The van der Waals surface area contributed by atoms with Gasteiger partial charge in [0.05, 0.1) is 5.33 Å². The van der Waals surface area contributed by atoms with Gasteiger partial charge in [0, 0.05) is 12.0 Å². The van der Waals surface area contributed by atoms with Crippen LogP contribution in [0.4, 0.5) is 17.6 Å². The molecule has 1 aromatic rings. The van der Waals surface area contributed by atoms with E-state index in [0.29, 0.717) is 0 Å². The Bertz CT molecular complexity index is 417. The molecule has 1 rings (SSSR count). The Labute approximate surface area is 103 Å². The van der Waals surface area contributed by atoms with Crippen molar-refractivity contribution in [3.63, 3.8) is 0 Å². The monoisotopic (exact) mass is 314 g/mol. The van der Waals surface area contributed by atoms with Gasteiger partial charge in [-0.3, -0.25) is 4.79 Å². The molecule has 0 spiro atoms. The minimum absolute atomic E-state index is 0.0627. The fourth-order valence-electron chi connectivity index (χ4n) is 1.18. The summed E-state index contributed by atoms with van der Waals surface area (Å²) in [5.74, 6) is -2.03. The highest BCUT2D eigenvalue weighted by Crippen LogP contribution is 2.28. The molecule has 0 N–H and O–H groups in total. The van der Waals surface area contributed by atoms with Gasteiger partial charge < -0.3 is 4.74 Å². The molecule has 0 heterocycles. The predicted octanol–water partition coefficient (Wildman–Crippen LogP) is 3.23. The van der Waals surface area contributed by atoms with E-state index in [1.54, 1.807) is 0 Å². The molecule has 0 radical (unpaired) electrons. The molecule has 0 aromatic heterocycles. The van der Waals surface area contributed by atoms with E-state index in [9.17, 15) is 22.4 Å². The molecule has 0 saturated carbocycles. The van der Waals surface area contributed by atoms with Gasteiger partial charge in [0.25, 0.3) is 0 Å². The fourth-order valence-corrected chi connectivity index (χ4v) is 1.37. The lowest BCUT2D eigenvalue weighted by molar-refractivity contribution is -0.275. The minimum Gasteiger partial charge on any atom is -0.405 e. The largest absolute Gasteiger partial charge is 0.573 e. The number of halogens is 5. The first kappa shape index (κ1) is 14.0. The van der Waals surface area contributed by atoms with Crippen molar-refractivity contribution in [3.05, 3.63) is 29.6 Å². The van der Waals surface area contributed by atoms with Crippen molar-refractivity contribution in [1.29, 1.82) is 0 Å². The Kier molecular flexibility index (Phi) is 4.50. The number of benzene rings is 1. The Balaban J connectivity index is 3.04. The SMILES string of the molecule is O=C(CBr)Cc1c(F)cccc1OC(F)(F)F. The number of alkyl halides is 4. The van der Waals surface area contributed by atoms with E-state index in [2.05, 4.69) is 20.7 Å². The van der Waals surface area contributed by atoms with Gasteiger partial charge in [0.2, 0.25) is 0 Å². The molecule has 0 saturated heterocycles. The molecule has 0 atom stereocenters. The lowest BCUT2D eigenvalue weighted by atomic mass is 10.1. The molecule has 2 nitrogen and oxygen atoms in total. The van der Waals surface area contributed by atoms with Crippen LogP contribution in [0.15, 0.2) is 18.2 Å². The molecule has 1 aromatic carbocycles. The standard InChI is InChI=1S/C10H7BrF4O2/c11-5-6(16)4-7-8(12)2-1-3-9(7)17-10(13,14)15/h1-3H,4-5H2. The van der Waals surface area contributed by atoms with Gasteiger partial charge in [-0.25, -0.2) is 4.39 Å². The van der Waals surface area contributed by atoms with Crippen LogP contribution < -0.4 is 4.74 Å². The summed E-state index contributed by atoms with van der Waals surface area (Å²) in [4.78, 5) is 11.1. The molecule has 7 heteroatoms. The molecule has 94 valence electrons. The predicted molar refractivity (Wildman–Crippen MR) is 55.6 cm³/mol. The fraction of sp³-hybridized carbons (Fsp3) is 0.300. The van der Waals surface area contributed by atoms with Crippen LogP contribution in [0.1, 0.15) is 5.56 Å². The van der Waals surface area contributed by atoms with Gasteiger partial charge in [0.1, 0.15) is 17.3 Å². The van der Waals surface area contributed by atoms with Gasteiger partial charge in [-0.1, -0.05) is 22.0 Å². The number of hydrogen-bond donors (Lipinski definition) is 0. The summed E-state index contributed by atoms with van der Waals surface area (Å²) in [7, 11) is 0. The Morgan fingerprint density at radius 1 is 1.35 bits per heavy atom. The van der Waals surface area contributed by atoms with E-state index in [-0.39, 0.29) is 5.33 Å². The molecular weight excluding hydrogens is 308 g/mol. The van der Waals surface area contributed by atoms with Crippen molar-refractivity contribution in [2.24, 2.45) is 0 Å². The van der Waals surface area contributed by atoms with Crippen LogP contribution in [-0.4, -0.2) is 17.5 Å². The maximum atomic E-state index is 13.3. The summed E-state index contributed by atoms with van der Waals surface area (Å²) in [6.45, 7) is 0. The van der Waals surface area contributed by atoms with E-state index < -0.39 is 35.7 Å². The molecular formula is C10H7BrF4O2. The molecule has 0 amide bonds. The van der Waals surface area contributed by atoms with Crippen LogP contribution in [0.2, 0.25) is 0 Å². The third-order valence-corrected chi connectivity index (χ3v) is 2.45. The summed E-state index contributed by atoms with van der Waals surface area (Å²) in [5.41, 5.74) is -0.394. The Morgan fingerprint density at radius 3 is 2.53 bits per heavy atom. The quantitative estimate of drug-likeness (QED) is 0.630. The number of ketones is 1. The third-order valence-electron chi connectivity index (χ3n) is 1.82. The number of Topliss-reactive ketones (excluding diaryl/α,β-unsaturated/α-hetero) is 1. The van der Waals surface area contributed by atoms with Gasteiger partial charge >= 0.3 is 6.36 Å². The van der Waals surface area contributed by atoms with Crippen molar-refractivity contribution < 1.29 is 27.1 Å². The minimum atomic E-state index is -4.92. The molecule has 17 heavy (non-hydrogen) atoms. The number of carbonyl (C=O) groups excluding carboxylic acids is 1. The lowest BCUT2D eigenvalue weighted by Crippen LogP contribution is -2.19. The normalized spacial score (nSPS) is 11.4. The molecule has 0 aliphatic rings. The van der Waals surface area contributed by atoms with E-state index >= 15 is 0 Å². The highest BCUT2D eigenvalue weighted by molar-refractivity contribution is 9.09. The number of rotatable bonds is 4. The average Bonchev–Trinajstić information content (AvgIpc) is 2.20. The zero-order valence-electron chi connectivity index (χ0n) is 8.35. The molecule has 0 unspecified atom stereocenters.